The molecule has 0 aliphatic carbocycles. The number of rotatable bonds is 54. The van der Waals surface area contributed by atoms with Gasteiger partial charge >= 0.3 is 17.9 Å². The van der Waals surface area contributed by atoms with E-state index in [0.717, 1.165) is 83.5 Å². The molecule has 0 fully saturated rings. The van der Waals surface area contributed by atoms with E-state index in [1.165, 1.54) is 180 Å². The van der Waals surface area contributed by atoms with Gasteiger partial charge in [-0.05, 0) is 89.9 Å². The molecule has 0 aromatic rings. The predicted molar refractivity (Wildman–Crippen MR) is 298 cm³/mol. The van der Waals surface area contributed by atoms with Crippen LogP contribution in [0.2, 0.25) is 0 Å². The van der Waals surface area contributed by atoms with Crippen LogP contribution in [0.25, 0.3) is 0 Å². The molecule has 69 heavy (non-hydrogen) atoms. The zero-order chi connectivity index (χ0) is 50.0. The highest BCUT2D eigenvalue weighted by Crippen LogP contribution is 2.16. The van der Waals surface area contributed by atoms with Gasteiger partial charge in [-0.2, -0.15) is 0 Å². The van der Waals surface area contributed by atoms with Crippen molar-refractivity contribution in [2.24, 2.45) is 0 Å². The molecular formula is C63H112O6. The Morgan fingerprint density at radius 1 is 0.290 bits per heavy atom. The van der Waals surface area contributed by atoms with E-state index >= 15 is 0 Å². The fraction of sp³-hybridized carbons (Fsp3) is 0.794. The Balaban J connectivity index is 4.38. The molecule has 0 amide bonds. The Morgan fingerprint density at radius 2 is 0.522 bits per heavy atom. The quantitative estimate of drug-likeness (QED) is 0.0262. The van der Waals surface area contributed by atoms with Crippen LogP contribution in [0.3, 0.4) is 0 Å². The van der Waals surface area contributed by atoms with Crippen LogP contribution in [0, 0.1) is 0 Å². The minimum atomic E-state index is -0.786. The Bertz CT molecular complexity index is 1250. The molecule has 0 aliphatic heterocycles. The second-order valence-electron chi connectivity index (χ2n) is 19.9. The maximum atomic E-state index is 12.8. The molecule has 0 aliphatic rings. The van der Waals surface area contributed by atoms with Gasteiger partial charge in [-0.15, -0.1) is 0 Å². The van der Waals surface area contributed by atoms with Crippen LogP contribution in [0.4, 0.5) is 0 Å². The van der Waals surface area contributed by atoms with Gasteiger partial charge in [-0.3, -0.25) is 14.4 Å². The van der Waals surface area contributed by atoms with Crippen molar-refractivity contribution in [2.45, 2.75) is 309 Å². The fourth-order valence-electron chi connectivity index (χ4n) is 8.48. The van der Waals surface area contributed by atoms with Crippen molar-refractivity contribution in [1.29, 1.82) is 0 Å². The average molecular weight is 966 g/mol. The van der Waals surface area contributed by atoms with E-state index in [1.807, 2.05) is 0 Å². The first-order valence-corrected chi connectivity index (χ1v) is 29.8. The average Bonchev–Trinajstić information content (AvgIpc) is 3.35. The highest BCUT2D eigenvalue weighted by atomic mass is 16.6. The van der Waals surface area contributed by atoms with E-state index in [4.69, 9.17) is 14.2 Å². The standard InChI is InChI=1S/C63H112O6/c1-4-7-10-13-16-19-22-25-27-29-31-33-35-38-40-43-46-49-52-55-61(64)67-58-60(69-63(66)57-54-51-48-45-42-37-24-21-18-15-12-9-6-3)59-68-62(65)56-53-50-47-44-41-39-36-34-32-30-28-26-23-20-17-14-11-8-5-2/h16,19,25-28,31,33,38,40,60H,4-15,17-18,20-24,29-30,32,34-37,39,41-59H2,1-3H3/b19-16-,27-25-,28-26-,33-31-,40-38-/t60-/m1/s1. The summed E-state index contributed by atoms with van der Waals surface area (Å²) in [5.74, 6) is -0.903. The van der Waals surface area contributed by atoms with Crippen molar-refractivity contribution in [3.8, 4) is 0 Å². The first kappa shape index (κ1) is 66.1. The van der Waals surface area contributed by atoms with E-state index in [2.05, 4.69) is 81.5 Å². The molecule has 0 radical (unpaired) electrons. The van der Waals surface area contributed by atoms with Crippen LogP contribution in [0.1, 0.15) is 303 Å². The normalized spacial score (nSPS) is 12.4. The summed E-state index contributed by atoms with van der Waals surface area (Å²) in [5, 5.41) is 0. The summed E-state index contributed by atoms with van der Waals surface area (Å²) in [6, 6.07) is 0. The van der Waals surface area contributed by atoms with Gasteiger partial charge in [0.05, 0.1) is 0 Å². The summed E-state index contributed by atoms with van der Waals surface area (Å²) in [7, 11) is 0. The first-order chi connectivity index (χ1) is 34.0. The maximum Gasteiger partial charge on any atom is 0.306 e. The minimum Gasteiger partial charge on any atom is -0.462 e. The van der Waals surface area contributed by atoms with Crippen LogP contribution in [-0.4, -0.2) is 37.2 Å². The lowest BCUT2D eigenvalue weighted by Crippen LogP contribution is -2.30. The van der Waals surface area contributed by atoms with Crippen LogP contribution >= 0.6 is 0 Å². The summed E-state index contributed by atoms with van der Waals surface area (Å²) in [6.07, 6.45) is 72.1. The van der Waals surface area contributed by atoms with Crippen molar-refractivity contribution >= 4 is 17.9 Å². The predicted octanol–water partition coefficient (Wildman–Crippen LogP) is 20.0. The number of allylic oxidation sites excluding steroid dienone is 10. The molecule has 1 atom stereocenters. The largest absolute Gasteiger partial charge is 0.462 e. The molecule has 0 unspecified atom stereocenters. The van der Waals surface area contributed by atoms with Crippen LogP contribution in [-0.2, 0) is 28.6 Å². The molecule has 0 aromatic carbocycles. The number of ether oxygens (including phenoxy) is 3. The number of hydrogen-bond donors (Lipinski definition) is 0. The maximum absolute atomic E-state index is 12.8. The third-order valence-electron chi connectivity index (χ3n) is 13.0. The van der Waals surface area contributed by atoms with Crippen LogP contribution in [0.5, 0.6) is 0 Å². The summed E-state index contributed by atoms with van der Waals surface area (Å²) in [4.78, 5) is 38.2. The minimum absolute atomic E-state index is 0.0829. The van der Waals surface area contributed by atoms with E-state index in [9.17, 15) is 14.4 Å². The van der Waals surface area contributed by atoms with Gasteiger partial charge in [0.1, 0.15) is 13.2 Å². The highest BCUT2D eigenvalue weighted by Gasteiger charge is 2.19. The number of esters is 3. The molecule has 0 N–H and O–H groups in total. The molecule has 0 saturated heterocycles. The fourth-order valence-corrected chi connectivity index (χ4v) is 8.48. The lowest BCUT2D eigenvalue weighted by molar-refractivity contribution is -0.167. The van der Waals surface area contributed by atoms with Gasteiger partial charge in [0, 0.05) is 19.3 Å². The zero-order valence-corrected chi connectivity index (χ0v) is 45.8. The molecule has 0 saturated carbocycles. The van der Waals surface area contributed by atoms with Crippen molar-refractivity contribution in [1.82, 2.24) is 0 Å². The van der Waals surface area contributed by atoms with Gasteiger partial charge in [0.25, 0.3) is 0 Å². The monoisotopic (exact) mass is 965 g/mol. The molecule has 0 rings (SSSR count). The number of unbranched alkanes of at least 4 members (excludes halogenated alkanes) is 33. The Labute approximate surface area is 428 Å². The topological polar surface area (TPSA) is 78.9 Å². The Kier molecular flexibility index (Phi) is 55.3. The molecule has 0 aromatic heterocycles. The van der Waals surface area contributed by atoms with Gasteiger partial charge in [-0.25, -0.2) is 0 Å². The van der Waals surface area contributed by atoms with Crippen molar-refractivity contribution in [3.63, 3.8) is 0 Å². The van der Waals surface area contributed by atoms with E-state index < -0.39 is 6.10 Å². The Hall–Kier alpha value is -2.89. The van der Waals surface area contributed by atoms with E-state index in [1.54, 1.807) is 0 Å². The number of carbonyl (C=O) groups is 3. The van der Waals surface area contributed by atoms with Crippen molar-refractivity contribution < 1.29 is 28.6 Å². The Morgan fingerprint density at radius 3 is 0.870 bits per heavy atom. The third-order valence-corrected chi connectivity index (χ3v) is 13.0. The summed E-state index contributed by atoms with van der Waals surface area (Å²) >= 11 is 0. The summed E-state index contributed by atoms with van der Waals surface area (Å²) in [6.45, 7) is 6.61. The summed E-state index contributed by atoms with van der Waals surface area (Å²) in [5.41, 5.74) is 0. The molecule has 6 nitrogen and oxygen atoms in total. The number of hydrogen-bond acceptors (Lipinski definition) is 6. The second-order valence-corrected chi connectivity index (χ2v) is 19.9. The van der Waals surface area contributed by atoms with Crippen LogP contribution in [0.15, 0.2) is 60.8 Å². The lowest BCUT2D eigenvalue weighted by atomic mass is 10.0. The SMILES string of the molecule is CCCCC/C=C\C/C=C\C/C=C\C/C=C\CCCCCC(=O)OC[C@H](COC(=O)CCCCCCCCCCC/C=C\CCCCCCCC)OC(=O)CCCCCCCCCCCCCCC. The summed E-state index contributed by atoms with van der Waals surface area (Å²) < 4.78 is 16.9. The molecular weight excluding hydrogens is 853 g/mol. The smallest absolute Gasteiger partial charge is 0.306 e. The van der Waals surface area contributed by atoms with Gasteiger partial charge < -0.3 is 14.2 Å². The third kappa shape index (κ3) is 55.9. The van der Waals surface area contributed by atoms with Gasteiger partial charge in [-0.1, -0.05) is 255 Å². The second kappa shape index (κ2) is 57.7. The van der Waals surface area contributed by atoms with Crippen molar-refractivity contribution in [3.05, 3.63) is 60.8 Å². The van der Waals surface area contributed by atoms with Gasteiger partial charge in [0.2, 0.25) is 0 Å². The molecule has 0 bridgehead atoms. The molecule has 0 heterocycles. The molecule has 400 valence electrons. The lowest BCUT2D eigenvalue weighted by Gasteiger charge is -2.18. The zero-order valence-electron chi connectivity index (χ0n) is 45.8. The molecule has 6 heteroatoms. The van der Waals surface area contributed by atoms with E-state index in [-0.39, 0.29) is 31.1 Å². The highest BCUT2D eigenvalue weighted by molar-refractivity contribution is 5.71. The van der Waals surface area contributed by atoms with Crippen molar-refractivity contribution in [2.75, 3.05) is 13.2 Å². The number of carbonyl (C=O) groups excluding carboxylic acids is 3. The van der Waals surface area contributed by atoms with Crippen LogP contribution < -0.4 is 0 Å². The van der Waals surface area contributed by atoms with Gasteiger partial charge in [0.15, 0.2) is 6.10 Å². The first-order valence-electron chi connectivity index (χ1n) is 29.8. The molecule has 0 spiro atoms. The van der Waals surface area contributed by atoms with E-state index in [0.29, 0.717) is 19.3 Å².